The van der Waals surface area contributed by atoms with Gasteiger partial charge in [0.2, 0.25) is 0 Å². The van der Waals surface area contributed by atoms with Crippen LogP contribution < -0.4 is 10.5 Å². The molecule has 4 heteroatoms. The summed E-state index contributed by atoms with van der Waals surface area (Å²) in [4.78, 5) is 2.32. The first kappa shape index (κ1) is 12.2. The van der Waals surface area contributed by atoms with E-state index in [1.54, 1.807) is 12.1 Å². The molecule has 0 aromatic heterocycles. The Morgan fingerprint density at radius 1 is 1.35 bits per heavy atom. The minimum Gasteiger partial charge on any atom is -0.490 e. The Kier molecular flexibility index (Phi) is 4.23. The second-order valence-electron chi connectivity index (χ2n) is 4.10. The topological polar surface area (TPSA) is 47.7 Å². The number of ether oxygens (including phenoxy) is 2. The molecule has 0 atom stereocenters. The van der Waals surface area contributed by atoms with E-state index in [1.165, 1.54) is 0 Å². The molecule has 1 heterocycles. The van der Waals surface area contributed by atoms with Crippen molar-refractivity contribution in [3.05, 3.63) is 30.7 Å². The van der Waals surface area contributed by atoms with Crippen LogP contribution in [0, 0.1) is 6.92 Å². The van der Waals surface area contributed by atoms with Crippen LogP contribution in [0.1, 0.15) is 5.56 Å². The molecule has 1 aliphatic heterocycles. The molecule has 1 aliphatic rings. The predicted octanol–water partition coefficient (Wildman–Crippen LogP) is 1.04. The zero-order valence-electron chi connectivity index (χ0n) is 9.89. The predicted molar refractivity (Wildman–Crippen MR) is 67.0 cm³/mol. The molecule has 0 aliphatic carbocycles. The van der Waals surface area contributed by atoms with Gasteiger partial charge in [-0.05, 0) is 24.6 Å². The van der Waals surface area contributed by atoms with Crippen molar-refractivity contribution in [3.63, 3.8) is 0 Å². The largest absolute Gasteiger partial charge is 0.490 e. The third-order valence-electron chi connectivity index (χ3n) is 2.80. The van der Waals surface area contributed by atoms with Gasteiger partial charge in [-0.2, -0.15) is 0 Å². The second-order valence-corrected chi connectivity index (χ2v) is 4.10. The first-order chi connectivity index (χ1) is 8.25. The quantitative estimate of drug-likeness (QED) is 0.791. The summed E-state index contributed by atoms with van der Waals surface area (Å²) in [6, 6.07) is 5.31. The molecule has 1 aromatic carbocycles. The van der Waals surface area contributed by atoms with Gasteiger partial charge in [-0.1, -0.05) is 6.07 Å². The molecule has 0 saturated carbocycles. The van der Waals surface area contributed by atoms with Crippen molar-refractivity contribution in [2.75, 3.05) is 45.2 Å². The Morgan fingerprint density at radius 2 is 2.12 bits per heavy atom. The van der Waals surface area contributed by atoms with E-state index in [4.69, 9.17) is 22.1 Å². The van der Waals surface area contributed by atoms with E-state index in [0.717, 1.165) is 32.8 Å². The van der Waals surface area contributed by atoms with E-state index in [1.807, 2.05) is 6.07 Å². The van der Waals surface area contributed by atoms with Gasteiger partial charge in [0, 0.05) is 19.6 Å². The molecule has 4 nitrogen and oxygen atoms in total. The maximum Gasteiger partial charge on any atom is 0.142 e. The molecule has 0 spiro atoms. The SMILES string of the molecule is [CH]c1ccc(OCCN2CCOCC2)c(N)c1. The van der Waals surface area contributed by atoms with Gasteiger partial charge in [-0.25, -0.2) is 0 Å². The lowest BCUT2D eigenvalue weighted by Crippen LogP contribution is -2.38. The third-order valence-corrected chi connectivity index (χ3v) is 2.80. The summed E-state index contributed by atoms with van der Waals surface area (Å²) >= 11 is 0. The summed E-state index contributed by atoms with van der Waals surface area (Å²) in [6.45, 7) is 10.7. The highest BCUT2D eigenvalue weighted by atomic mass is 16.5. The molecule has 0 amide bonds. The van der Waals surface area contributed by atoms with Crippen molar-refractivity contribution in [1.82, 2.24) is 4.90 Å². The van der Waals surface area contributed by atoms with Crippen molar-refractivity contribution >= 4 is 5.69 Å². The number of nitrogens with two attached hydrogens (primary N) is 1. The Bertz CT molecular complexity index is 362. The normalized spacial score (nSPS) is 17.0. The van der Waals surface area contributed by atoms with E-state index < -0.39 is 0 Å². The lowest BCUT2D eigenvalue weighted by molar-refractivity contribution is 0.0323. The van der Waals surface area contributed by atoms with Crippen LogP contribution in [-0.2, 0) is 4.74 Å². The number of hydrogen-bond donors (Lipinski definition) is 1. The summed E-state index contributed by atoms with van der Waals surface area (Å²) in [5.41, 5.74) is 7.05. The summed E-state index contributed by atoms with van der Waals surface area (Å²) < 4.78 is 10.9. The maximum absolute atomic E-state index is 5.80. The third kappa shape index (κ3) is 3.61. The fraction of sp³-hybridized carbons (Fsp3) is 0.462. The summed E-state index contributed by atoms with van der Waals surface area (Å²) in [7, 11) is 0. The molecule has 2 rings (SSSR count). The van der Waals surface area contributed by atoms with Crippen LogP contribution in [-0.4, -0.2) is 44.4 Å². The molecule has 0 bridgehead atoms. The van der Waals surface area contributed by atoms with Crippen molar-refractivity contribution in [3.8, 4) is 5.75 Å². The van der Waals surface area contributed by atoms with Gasteiger partial charge in [-0.3, -0.25) is 4.90 Å². The van der Waals surface area contributed by atoms with E-state index in [9.17, 15) is 0 Å². The zero-order valence-corrected chi connectivity index (χ0v) is 9.89. The first-order valence-corrected chi connectivity index (χ1v) is 5.83. The first-order valence-electron chi connectivity index (χ1n) is 5.83. The molecular formula is C13H18N2O2. The molecule has 2 N–H and O–H groups in total. The van der Waals surface area contributed by atoms with Crippen LogP contribution in [0.25, 0.3) is 0 Å². The highest BCUT2D eigenvalue weighted by molar-refractivity contribution is 5.54. The number of benzene rings is 1. The average molecular weight is 234 g/mol. The van der Waals surface area contributed by atoms with E-state index in [0.29, 0.717) is 23.6 Å². The van der Waals surface area contributed by atoms with Gasteiger partial charge >= 0.3 is 0 Å². The van der Waals surface area contributed by atoms with Gasteiger partial charge in [0.1, 0.15) is 12.4 Å². The van der Waals surface area contributed by atoms with Gasteiger partial charge in [0.15, 0.2) is 0 Å². The Labute approximate surface area is 102 Å². The highest BCUT2D eigenvalue weighted by Crippen LogP contribution is 2.21. The molecule has 2 radical (unpaired) electrons. The minimum absolute atomic E-state index is 0.590. The smallest absolute Gasteiger partial charge is 0.142 e. The molecular weight excluding hydrogens is 216 g/mol. The number of rotatable bonds is 4. The maximum atomic E-state index is 5.80. The average Bonchev–Trinajstić information content (AvgIpc) is 2.33. The molecule has 1 fully saturated rings. The summed E-state index contributed by atoms with van der Waals surface area (Å²) in [5.74, 6) is 0.701. The van der Waals surface area contributed by atoms with Crippen LogP contribution in [0.5, 0.6) is 5.75 Å². The van der Waals surface area contributed by atoms with Crippen molar-refractivity contribution in [2.45, 2.75) is 0 Å². The fourth-order valence-electron chi connectivity index (χ4n) is 1.81. The summed E-state index contributed by atoms with van der Waals surface area (Å²) in [5, 5.41) is 0. The number of nitrogens with zero attached hydrogens (tertiary/aromatic N) is 1. The van der Waals surface area contributed by atoms with Crippen LogP contribution in [0.2, 0.25) is 0 Å². The molecule has 92 valence electrons. The van der Waals surface area contributed by atoms with Gasteiger partial charge in [0.25, 0.3) is 0 Å². The minimum atomic E-state index is 0.590. The number of morpholine rings is 1. The Hall–Kier alpha value is -1.26. The van der Waals surface area contributed by atoms with Crippen LogP contribution in [0.15, 0.2) is 18.2 Å². The van der Waals surface area contributed by atoms with Gasteiger partial charge in [0.05, 0.1) is 18.9 Å². The van der Waals surface area contributed by atoms with Gasteiger partial charge < -0.3 is 15.2 Å². The summed E-state index contributed by atoms with van der Waals surface area (Å²) in [6.07, 6.45) is 0. The number of hydrogen-bond acceptors (Lipinski definition) is 4. The molecule has 1 aromatic rings. The lowest BCUT2D eigenvalue weighted by atomic mass is 10.2. The fourth-order valence-corrected chi connectivity index (χ4v) is 1.81. The van der Waals surface area contributed by atoms with Crippen molar-refractivity contribution in [1.29, 1.82) is 0 Å². The van der Waals surface area contributed by atoms with Crippen LogP contribution >= 0.6 is 0 Å². The van der Waals surface area contributed by atoms with Crippen LogP contribution in [0.4, 0.5) is 5.69 Å². The highest BCUT2D eigenvalue weighted by Gasteiger charge is 2.10. The monoisotopic (exact) mass is 234 g/mol. The van der Waals surface area contributed by atoms with Crippen molar-refractivity contribution in [2.24, 2.45) is 0 Å². The zero-order chi connectivity index (χ0) is 12.1. The molecule has 17 heavy (non-hydrogen) atoms. The van der Waals surface area contributed by atoms with Gasteiger partial charge in [-0.15, -0.1) is 0 Å². The Morgan fingerprint density at radius 3 is 2.82 bits per heavy atom. The molecule has 0 unspecified atom stereocenters. The second kappa shape index (κ2) is 5.89. The van der Waals surface area contributed by atoms with Crippen molar-refractivity contribution < 1.29 is 9.47 Å². The van der Waals surface area contributed by atoms with E-state index >= 15 is 0 Å². The van der Waals surface area contributed by atoms with E-state index in [2.05, 4.69) is 4.90 Å². The Balaban J connectivity index is 1.77. The number of anilines is 1. The van der Waals surface area contributed by atoms with Crippen LogP contribution in [0.3, 0.4) is 0 Å². The lowest BCUT2D eigenvalue weighted by Gasteiger charge is -2.26. The molecule has 1 saturated heterocycles. The standard InChI is InChI=1S/C13H18N2O2/c1-11-2-3-13(12(14)10-11)17-9-6-15-4-7-16-8-5-15/h1-3,10H,4-9,14H2. The number of nitrogen functional groups attached to an aromatic ring is 1. The van der Waals surface area contributed by atoms with E-state index in [-0.39, 0.29) is 0 Å².